The number of hydrogen-bond acceptors (Lipinski definition) is 2. The number of aliphatic hydroxyl groups excluding tert-OH is 1. The fourth-order valence-corrected chi connectivity index (χ4v) is 0.428. The van der Waals surface area contributed by atoms with Crippen LogP contribution in [0, 0.1) is 0 Å². The maximum Gasteiger partial charge on any atom is 0.115 e. The van der Waals surface area contributed by atoms with E-state index in [1.54, 1.807) is 24.3 Å². The maximum atomic E-state index is 8.63. The van der Waals surface area contributed by atoms with E-state index in [1.807, 2.05) is 6.07 Å². The average Bonchev–Trinajstić information content (AvgIpc) is 1.94. The summed E-state index contributed by atoms with van der Waals surface area (Å²) in [6.45, 7) is 0. The Kier molecular flexibility index (Phi) is 11.6. The van der Waals surface area contributed by atoms with Crippen molar-refractivity contribution in [3.63, 3.8) is 0 Å². The van der Waals surface area contributed by atoms with Crippen LogP contribution in [-0.2, 0) is 32.7 Å². The molecule has 0 aromatic heterocycles. The van der Waals surface area contributed by atoms with Gasteiger partial charge in [-0.15, -0.1) is 0 Å². The van der Waals surface area contributed by atoms with E-state index in [0.717, 1.165) is 7.11 Å². The molecule has 2 N–H and O–H groups in total. The van der Waals surface area contributed by atoms with Crippen molar-refractivity contribution < 1.29 is 42.9 Å². The van der Waals surface area contributed by atoms with Gasteiger partial charge in [0.25, 0.3) is 0 Å². The van der Waals surface area contributed by atoms with E-state index in [-0.39, 0.29) is 32.7 Å². The van der Waals surface area contributed by atoms with E-state index in [9.17, 15) is 0 Å². The summed E-state index contributed by atoms with van der Waals surface area (Å²) in [4.78, 5) is 0. The topological polar surface area (TPSA) is 40.5 Å². The average molecular weight is 215 g/mol. The fraction of sp³-hybridized carbons (Fsp3) is 0.143. The van der Waals surface area contributed by atoms with E-state index >= 15 is 0 Å². The van der Waals surface area contributed by atoms with Gasteiger partial charge in [0.1, 0.15) is 5.75 Å². The summed E-state index contributed by atoms with van der Waals surface area (Å²) in [7, 11) is 1.00. The minimum absolute atomic E-state index is 0. The zero-order valence-electron chi connectivity index (χ0n) is 5.86. The van der Waals surface area contributed by atoms with Crippen molar-refractivity contribution in [3.05, 3.63) is 30.3 Å². The third-order valence-corrected chi connectivity index (χ3v) is 0.756. The molecule has 0 amide bonds. The van der Waals surface area contributed by atoms with Crippen LogP contribution in [0.4, 0.5) is 0 Å². The van der Waals surface area contributed by atoms with Crippen molar-refractivity contribution in [1.82, 2.24) is 0 Å². The number of aromatic hydroxyl groups is 1. The molecule has 0 bridgehead atoms. The Labute approximate surface area is 85.8 Å². The van der Waals surface area contributed by atoms with Gasteiger partial charge < -0.3 is 10.2 Å². The largest absolute Gasteiger partial charge is 0.508 e. The molecule has 0 saturated heterocycles. The molecule has 1 aromatic carbocycles. The summed E-state index contributed by atoms with van der Waals surface area (Å²) in [5, 5.41) is 15.6. The molecule has 3 heteroatoms. The molecular weight excluding hydrogens is 205 g/mol. The number of rotatable bonds is 0. The molecule has 0 unspecified atom stereocenters. The third kappa shape index (κ3) is 6.21. The Morgan fingerprint density at radius 3 is 1.60 bits per heavy atom. The second-order valence-electron chi connectivity index (χ2n) is 1.34. The Hall–Kier alpha value is 0.0839. The summed E-state index contributed by atoms with van der Waals surface area (Å²) in [6.07, 6.45) is 0. The monoisotopic (exact) mass is 215 g/mol. The van der Waals surface area contributed by atoms with Crippen molar-refractivity contribution in [2.45, 2.75) is 0 Å². The minimum Gasteiger partial charge on any atom is -0.508 e. The van der Waals surface area contributed by atoms with Gasteiger partial charge in [-0.3, -0.25) is 0 Å². The molecule has 2 nitrogen and oxygen atoms in total. The molecule has 0 aliphatic carbocycles. The molecule has 1 rings (SSSR count). The number of aliphatic hydroxyl groups is 1. The van der Waals surface area contributed by atoms with Crippen LogP contribution < -0.4 is 0 Å². The first-order valence-electron chi connectivity index (χ1n) is 2.58. The summed E-state index contributed by atoms with van der Waals surface area (Å²) in [5.41, 5.74) is 0. The van der Waals surface area contributed by atoms with E-state index in [4.69, 9.17) is 10.2 Å². The molecule has 0 heterocycles. The molecular formula is C7H10O2Y. The molecule has 0 aliphatic rings. The van der Waals surface area contributed by atoms with Gasteiger partial charge in [0, 0.05) is 39.8 Å². The molecule has 0 saturated carbocycles. The number of phenols is 1. The van der Waals surface area contributed by atoms with Crippen LogP contribution in [0.25, 0.3) is 0 Å². The van der Waals surface area contributed by atoms with Crippen molar-refractivity contribution in [2.75, 3.05) is 7.11 Å². The van der Waals surface area contributed by atoms with Gasteiger partial charge in [-0.2, -0.15) is 0 Å². The van der Waals surface area contributed by atoms with Gasteiger partial charge in [-0.1, -0.05) is 18.2 Å². The van der Waals surface area contributed by atoms with Crippen LogP contribution in [0.3, 0.4) is 0 Å². The Bertz CT molecular complexity index is 142. The minimum atomic E-state index is 0. The molecule has 1 radical (unpaired) electrons. The molecule has 10 heavy (non-hydrogen) atoms. The predicted molar refractivity (Wildman–Crippen MR) is 36.2 cm³/mol. The SMILES string of the molecule is CO.Oc1ccccc1.[Y]. The first-order chi connectivity index (χ1) is 4.39. The number of para-hydroxylation sites is 1. The second-order valence-corrected chi connectivity index (χ2v) is 1.34. The zero-order valence-corrected chi connectivity index (χ0v) is 8.70. The third-order valence-electron chi connectivity index (χ3n) is 0.756. The van der Waals surface area contributed by atoms with Crippen LogP contribution in [0.15, 0.2) is 30.3 Å². The van der Waals surface area contributed by atoms with E-state index in [0.29, 0.717) is 5.75 Å². The van der Waals surface area contributed by atoms with E-state index < -0.39 is 0 Å². The van der Waals surface area contributed by atoms with E-state index in [2.05, 4.69) is 0 Å². The molecule has 0 spiro atoms. The smallest absolute Gasteiger partial charge is 0.115 e. The van der Waals surface area contributed by atoms with Gasteiger partial charge in [0.05, 0.1) is 0 Å². The van der Waals surface area contributed by atoms with Crippen LogP contribution in [-0.4, -0.2) is 17.3 Å². The fourth-order valence-electron chi connectivity index (χ4n) is 0.428. The van der Waals surface area contributed by atoms with Crippen LogP contribution >= 0.6 is 0 Å². The van der Waals surface area contributed by atoms with Crippen molar-refractivity contribution in [2.24, 2.45) is 0 Å². The van der Waals surface area contributed by atoms with Gasteiger partial charge in [-0.25, -0.2) is 0 Å². The number of benzene rings is 1. The molecule has 0 atom stereocenters. The van der Waals surface area contributed by atoms with Crippen molar-refractivity contribution >= 4 is 0 Å². The van der Waals surface area contributed by atoms with Gasteiger partial charge >= 0.3 is 0 Å². The van der Waals surface area contributed by atoms with Crippen LogP contribution in [0.5, 0.6) is 5.75 Å². The first-order valence-corrected chi connectivity index (χ1v) is 2.58. The van der Waals surface area contributed by atoms with Gasteiger partial charge in [-0.05, 0) is 12.1 Å². The summed E-state index contributed by atoms with van der Waals surface area (Å²) < 4.78 is 0. The summed E-state index contributed by atoms with van der Waals surface area (Å²) in [5.74, 6) is 0.322. The van der Waals surface area contributed by atoms with Crippen molar-refractivity contribution in [3.8, 4) is 5.75 Å². The predicted octanol–water partition coefficient (Wildman–Crippen LogP) is 0.998. The molecule has 1 aromatic rings. The molecule has 0 fully saturated rings. The second kappa shape index (κ2) is 9.08. The Balaban J connectivity index is 0. The molecule has 0 aliphatic heterocycles. The quantitative estimate of drug-likeness (QED) is 0.677. The number of phenolic OH excluding ortho intramolecular Hbond substituents is 1. The van der Waals surface area contributed by atoms with Crippen LogP contribution in [0.1, 0.15) is 0 Å². The van der Waals surface area contributed by atoms with Gasteiger partial charge in [0.2, 0.25) is 0 Å². The molecule has 53 valence electrons. The summed E-state index contributed by atoms with van der Waals surface area (Å²) in [6, 6.07) is 8.71. The zero-order chi connectivity index (χ0) is 7.11. The van der Waals surface area contributed by atoms with Crippen LogP contribution in [0.2, 0.25) is 0 Å². The van der Waals surface area contributed by atoms with Gasteiger partial charge in [0.15, 0.2) is 0 Å². The Morgan fingerprint density at radius 2 is 1.40 bits per heavy atom. The maximum absolute atomic E-state index is 8.63. The Morgan fingerprint density at radius 1 is 1.00 bits per heavy atom. The normalized spacial score (nSPS) is 6.60. The summed E-state index contributed by atoms with van der Waals surface area (Å²) >= 11 is 0. The number of hydrogen-bond donors (Lipinski definition) is 2. The van der Waals surface area contributed by atoms with Crippen molar-refractivity contribution in [1.29, 1.82) is 0 Å². The first kappa shape index (κ1) is 12.7. The standard InChI is InChI=1S/C6H6O.CH4O.Y/c7-6-4-2-1-3-5-6;1-2;/h1-5,7H;2H,1H3;. The van der Waals surface area contributed by atoms with E-state index in [1.165, 1.54) is 0 Å².